The number of nitrogen functional groups attached to an aromatic ring is 1. The second-order valence-corrected chi connectivity index (χ2v) is 6.14. The van der Waals surface area contributed by atoms with Gasteiger partial charge < -0.3 is 5.73 Å². The highest BCUT2D eigenvalue weighted by atomic mass is 15.1. The van der Waals surface area contributed by atoms with Crippen molar-refractivity contribution in [1.29, 1.82) is 0 Å². The molecule has 108 valence electrons. The van der Waals surface area contributed by atoms with Gasteiger partial charge in [-0.3, -0.25) is 4.90 Å². The average Bonchev–Trinajstić information content (AvgIpc) is 2.38. The first kappa shape index (κ1) is 14.8. The van der Waals surface area contributed by atoms with Gasteiger partial charge in [-0.05, 0) is 31.9 Å². The third-order valence-corrected chi connectivity index (χ3v) is 3.54. The smallest absolute Gasteiger partial charge is 0.128 e. The predicted octanol–water partition coefficient (Wildman–Crippen LogP) is 3.68. The Morgan fingerprint density at radius 1 is 1.15 bits per heavy atom. The highest BCUT2D eigenvalue weighted by Crippen LogP contribution is 2.21. The quantitative estimate of drug-likeness (QED) is 0.902. The largest absolute Gasteiger partial charge is 0.383 e. The molecule has 3 heteroatoms. The molecular weight excluding hydrogens is 246 g/mol. The van der Waals surface area contributed by atoms with Gasteiger partial charge >= 0.3 is 0 Å². The normalized spacial score (nSPS) is 11.9. The molecule has 0 fully saturated rings. The Balaban J connectivity index is 2.29. The summed E-state index contributed by atoms with van der Waals surface area (Å²) in [5.41, 5.74) is 8.22. The van der Waals surface area contributed by atoms with Crippen LogP contribution in [0.2, 0.25) is 0 Å². The molecule has 0 saturated heterocycles. The van der Waals surface area contributed by atoms with E-state index >= 15 is 0 Å². The maximum absolute atomic E-state index is 6.13. The highest BCUT2D eigenvalue weighted by molar-refractivity contribution is 5.81. The van der Waals surface area contributed by atoms with Gasteiger partial charge in [0.25, 0.3) is 0 Å². The SMILES string of the molecule is CC(C)CN(Cc1cc2ccccc2nc1N)C(C)C. The van der Waals surface area contributed by atoms with Crippen LogP contribution in [0.4, 0.5) is 5.82 Å². The standard InChI is InChI=1S/C17H25N3/c1-12(2)10-20(13(3)4)11-15-9-14-7-5-6-8-16(14)19-17(15)18/h5-9,12-13H,10-11H2,1-4H3,(H2,18,19). The van der Waals surface area contributed by atoms with E-state index in [4.69, 9.17) is 5.73 Å². The van der Waals surface area contributed by atoms with E-state index in [2.05, 4.69) is 49.7 Å². The molecule has 1 aromatic heterocycles. The Morgan fingerprint density at radius 2 is 1.85 bits per heavy atom. The third kappa shape index (κ3) is 3.48. The van der Waals surface area contributed by atoms with E-state index < -0.39 is 0 Å². The maximum Gasteiger partial charge on any atom is 0.128 e. The first-order valence-electron chi connectivity index (χ1n) is 7.35. The topological polar surface area (TPSA) is 42.2 Å². The van der Waals surface area contributed by atoms with Gasteiger partial charge in [-0.15, -0.1) is 0 Å². The first-order chi connectivity index (χ1) is 9.47. The van der Waals surface area contributed by atoms with E-state index in [1.54, 1.807) is 0 Å². The van der Waals surface area contributed by atoms with Gasteiger partial charge in [0.2, 0.25) is 0 Å². The van der Waals surface area contributed by atoms with E-state index in [0.717, 1.165) is 29.6 Å². The zero-order valence-corrected chi connectivity index (χ0v) is 12.9. The molecule has 1 aromatic carbocycles. The number of hydrogen-bond acceptors (Lipinski definition) is 3. The van der Waals surface area contributed by atoms with Crippen molar-refractivity contribution in [3.63, 3.8) is 0 Å². The number of rotatable bonds is 5. The monoisotopic (exact) mass is 271 g/mol. The molecule has 0 radical (unpaired) electrons. The minimum absolute atomic E-state index is 0.503. The van der Waals surface area contributed by atoms with Gasteiger partial charge in [0, 0.05) is 30.1 Å². The molecule has 0 bridgehead atoms. The number of benzene rings is 1. The van der Waals surface area contributed by atoms with Crippen LogP contribution in [0.5, 0.6) is 0 Å². The fourth-order valence-electron chi connectivity index (χ4n) is 2.45. The van der Waals surface area contributed by atoms with Crippen molar-refractivity contribution in [3.05, 3.63) is 35.9 Å². The summed E-state index contributed by atoms with van der Waals surface area (Å²) >= 11 is 0. The van der Waals surface area contributed by atoms with Gasteiger partial charge in [-0.25, -0.2) is 4.98 Å². The lowest BCUT2D eigenvalue weighted by atomic mass is 10.1. The van der Waals surface area contributed by atoms with Crippen LogP contribution < -0.4 is 5.73 Å². The molecule has 0 saturated carbocycles. The summed E-state index contributed by atoms with van der Waals surface area (Å²) in [6.45, 7) is 10.9. The van der Waals surface area contributed by atoms with Crippen LogP contribution in [0.25, 0.3) is 10.9 Å². The van der Waals surface area contributed by atoms with Crippen LogP contribution in [-0.4, -0.2) is 22.5 Å². The van der Waals surface area contributed by atoms with Crippen LogP contribution in [0.15, 0.2) is 30.3 Å². The third-order valence-electron chi connectivity index (χ3n) is 3.54. The minimum Gasteiger partial charge on any atom is -0.383 e. The van der Waals surface area contributed by atoms with E-state index in [1.807, 2.05) is 18.2 Å². The molecule has 0 aliphatic heterocycles. The van der Waals surface area contributed by atoms with Crippen LogP contribution in [0, 0.1) is 5.92 Å². The number of pyridine rings is 1. The molecular formula is C17H25N3. The van der Waals surface area contributed by atoms with Crippen molar-refractivity contribution < 1.29 is 0 Å². The zero-order valence-electron chi connectivity index (χ0n) is 12.9. The van der Waals surface area contributed by atoms with Crippen molar-refractivity contribution in [2.75, 3.05) is 12.3 Å². The molecule has 0 unspecified atom stereocenters. The average molecular weight is 271 g/mol. The van der Waals surface area contributed by atoms with E-state index in [9.17, 15) is 0 Å². The van der Waals surface area contributed by atoms with E-state index in [0.29, 0.717) is 17.8 Å². The summed E-state index contributed by atoms with van der Waals surface area (Å²) < 4.78 is 0. The summed E-state index contributed by atoms with van der Waals surface area (Å²) in [5.74, 6) is 1.30. The molecule has 20 heavy (non-hydrogen) atoms. The Hall–Kier alpha value is -1.61. The highest BCUT2D eigenvalue weighted by Gasteiger charge is 2.14. The number of aromatic nitrogens is 1. The molecule has 2 N–H and O–H groups in total. The summed E-state index contributed by atoms with van der Waals surface area (Å²) in [4.78, 5) is 6.97. The molecule has 2 rings (SSSR count). The summed E-state index contributed by atoms with van der Waals surface area (Å²) in [7, 11) is 0. The Bertz CT molecular complexity index is 575. The maximum atomic E-state index is 6.13. The van der Waals surface area contributed by atoms with Crippen LogP contribution in [0.3, 0.4) is 0 Å². The van der Waals surface area contributed by atoms with E-state index in [1.165, 1.54) is 0 Å². The first-order valence-corrected chi connectivity index (χ1v) is 7.35. The molecule has 0 atom stereocenters. The number of nitrogens with zero attached hydrogens (tertiary/aromatic N) is 2. The molecule has 0 aliphatic carbocycles. The molecule has 0 spiro atoms. The van der Waals surface area contributed by atoms with Crippen molar-refractivity contribution >= 4 is 16.7 Å². The fourth-order valence-corrected chi connectivity index (χ4v) is 2.45. The van der Waals surface area contributed by atoms with Gasteiger partial charge in [0.1, 0.15) is 5.82 Å². The Labute approximate surface area is 121 Å². The lowest BCUT2D eigenvalue weighted by Gasteiger charge is -2.28. The molecule has 0 amide bonds. The number of para-hydroxylation sites is 1. The van der Waals surface area contributed by atoms with Gasteiger partial charge in [0.05, 0.1) is 5.52 Å². The predicted molar refractivity (Wildman–Crippen MR) is 86.5 cm³/mol. The zero-order chi connectivity index (χ0) is 14.7. The van der Waals surface area contributed by atoms with Gasteiger partial charge in [-0.2, -0.15) is 0 Å². The lowest BCUT2D eigenvalue weighted by Crippen LogP contribution is -2.33. The van der Waals surface area contributed by atoms with Crippen molar-refractivity contribution in [1.82, 2.24) is 9.88 Å². The summed E-state index contributed by atoms with van der Waals surface area (Å²) in [6, 6.07) is 10.8. The summed E-state index contributed by atoms with van der Waals surface area (Å²) in [5, 5.41) is 1.16. The Kier molecular flexibility index (Phi) is 4.61. The second kappa shape index (κ2) is 6.23. The van der Waals surface area contributed by atoms with E-state index in [-0.39, 0.29) is 0 Å². The van der Waals surface area contributed by atoms with Gasteiger partial charge in [-0.1, -0.05) is 32.0 Å². The Morgan fingerprint density at radius 3 is 2.50 bits per heavy atom. The second-order valence-electron chi connectivity index (χ2n) is 6.14. The summed E-state index contributed by atoms with van der Waals surface area (Å²) in [6.07, 6.45) is 0. The van der Waals surface area contributed by atoms with Crippen molar-refractivity contribution in [2.45, 2.75) is 40.3 Å². The van der Waals surface area contributed by atoms with Crippen LogP contribution >= 0.6 is 0 Å². The number of anilines is 1. The number of hydrogen-bond donors (Lipinski definition) is 1. The van der Waals surface area contributed by atoms with Crippen molar-refractivity contribution in [3.8, 4) is 0 Å². The molecule has 1 heterocycles. The molecule has 0 aliphatic rings. The minimum atomic E-state index is 0.503. The van der Waals surface area contributed by atoms with Gasteiger partial charge in [0.15, 0.2) is 0 Å². The fraction of sp³-hybridized carbons (Fsp3) is 0.471. The lowest BCUT2D eigenvalue weighted by molar-refractivity contribution is 0.189. The van der Waals surface area contributed by atoms with Crippen LogP contribution in [0.1, 0.15) is 33.3 Å². The van der Waals surface area contributed by atoms with Crippen molar-refractivity contribution in [2.24, 2.45) is 5.92 Å². The number of fused-ring (bicyclic) bond motifs is 1. The number of nitrogens with two attached hydrogens (primary N) is 1. The van der Waals surface area contributed by atoms with Crippen LogP contribution in [-0.2, 0) is 6.54 Å². The molecule has 3 nitrogen and oxygen atoms in total. The molecule has 2 aromatic rings.